The number of nitrogens with zero attached hydrogens (tertiary/aromatic N) is 1. The number of benzene rings is 1. The molecule has 1 aromatic carbocycles. The van der Waals surface area contributed by atoms with E-state index in [9.17, 15) is 9.90 Å². The smallest absolute Gasteiger partial charge is 0.242 e. The summed E-state index contributed by atoms with van der Waals surface area (Å²) in [4.78, 5) is 16.5. The molecule has 1 unspecified atom stereocenters. The highest BCUT2D eigenvalue weighted by atomic mass is 127. The first-order valence-electron chi connectivity index (χ1n) is 9.97. The van der Waals surface area contributed by atoms with Gasteiger partial charge in [-0.05, 0) is 51.5 Å². The van der Waals surface area contributed by atoms with Gasteiger partial charge in [-0.15, -0.1) is 24.0 Å². The number of hydrogen-bond donors (Lipinski definition) is 4. The predicted molar refractivity (Wildman–Crippen MR) is 132 cm³/mol. The number of carbonyl (C=O) groups excluding carboxylic acids is 1. The van der Waals surface area contributed by atoms with Gasteiger partial charge < -0.3 is 30.2 Å². The van der Waals surface area contributed by atoms with E-state index < -0.39 is 5.60 Å². The Kier molecular flexibility index (Phi) is 10.8. The fraction of sp³-hybridized carbons (Fsp3) is 0.455. The number of guanidine groups is 1. The number of nitrogens with one attached hydrogen (secondary N) is 3. The van der Waals surface area contributed by atoms with E-state index in [0.717, 1.165) is 22.6 Å². The maximum Gasteiger partial charge on any atom is 0.242 e. The summed E-state index contributed by atoms with van der Waals surface area (Å²) >= 11 is 0. The first kappa shape index (κ1) is 26.8. The van der Waals surface area contributed by atoms with E-state index in [2.05, 4.69) is 20.9 Å². The van der Waals surface area contributed by atoms with Crippen LogP contribution in [0.2, 0.25) is 0 Å². The number of rotatable bonds is 9. The van der Waals surface area contributed by atoms with Crippen LogP contribution in [-0.2, 0) is 16.9 Å². The predicted octanol–water partition coefficient (Wildman–Crippen LogP) is 2.60. The van der Waals surface area contributed by atoms with Crippen molar-refractivity contribution < 1.29 is 19.1 Å². The number of carbonyl (C=O) groups is 1. The van der Waals surface area contributed by atoms with Crippen LogP contribution in [-0.4, -0.2) is 43.7 Å². The third kappa shape index (κ3) is 8.41. The van der Waals surface area contributed by atoms with Gasteiger partial charge in [-0.3, -0.25) is 4.79 Å². The van der Waals surface area contributed by atoms with Crippen molar-refractivity contribution in [3.05, 3.63) is 53.0 Å². The van der Waals surface area contributed by atoms with Crippen molar-refractivity contribution in [2.75, 3.05) is 26.7 Å². The Balaban J connectivity index is 0.00000480. The van der Waals surface area contributed by atoms with Gasteiger partial charge in [0.15, 0.2) is 5.96 Å². The summed E-state index contributed by atoms with van der Waals surface area (Å²) in [7, 11) is 1.61. The van der Waals surface area contributed by atoms with Gasteiger partial charge in [0.05, 0.1) is 13.7 Å². The molecule has 0 saturated carbocycles. The molecule has 1 aromatic heterocycles. The molecule has 1 heterocycles. The number of aliphatic imine (C=N–C) groups is 1. The molecule has 2 rings (SSSR count). The highest BCUT2D eigenvalue weighted by Gasteiger charge is 2.27. The van der Waals surface area contributed by atoms with Crippen LogP contribution in [0.3, 0.4) is 0 Å². The van der Waals surface area contributed by atoms with Gasteiger partial charge in [-0.1, -0.05) is 12.1 Å². The van der Waals surface area contributed by atoms with Gasteiger partial charge in [0.1, 0.15) is 29.4 Å². The second-order valence-corrected chi connectivity index (χ2v) is 7.27. The van der Waals surface area contributed by atoms with Crippen LogP contribution >= 0.6 is 24.0 Å². The van der Waals surface area contributed by atoms with E-state index >= 15 is 0 Å². The van der Waals surface area contributed by atoms with Gasteiger partial charge in [0.25, 0.3) is 0 Å². The lowest BCUT2D eigenvalue weighted by Crippen LogP contribution is -2.45. The summed E-state index contributed by atoms with van der Waals surface area (Å²) in [5.74, 6) is 2.45. The number of ether oxygens (including phenoxy) is 1. The second kappa shape index (κ2) is 12.6. The molecule has 4 N–H and O–H groups in total. The van der Waals surface area contributed by atoms with Crippen LogP contribution in [0.4, 0.5) is 0 Å². The average molecular weight is 544 g/mol. The van der Waals surface area contributed by atoms with Crippen molar-refractivity contribution >= 4 is 35.8 Å². The molecule has 1 atom stereocenters. The van der Waals surface area contributed by atoms with E-state index in [1.165, 1.54) is 0 Å². The Bertz CT molecular complexity index is 863. The Hall–Kier alpha value is -2.27. The fourth-order valence-corrected chi connectivity index (χ4v) is 3.01. The van der Waals surface area contributed by atoms with Gasteiger partial charge in [0, 0.05) is 18.7 Å². The van der Waals surface area contributed by atoms with E-state index in [1.807, 2.05) is 51.1 Å². The summed E-state index contributed by atoms with van der Waals surface area (Å²) in [6.45, 7) is 8.54. The zero-order chi connectivity index (χ0) is 22.1. The molecule has 0 saturated heterocycles. The first-order valence-corrected chi connectivity index (χ1v) is 9.97. The molecule has 0 fully saturated rings. The number of halogens is 1. The molecular weight excluding hydrogens is 511 g/mol. The molecule has 172 valence electrons. The lowest BCUT2D eigenvalue weighted by atomic mass is 9.96. The second-order valence-electron chi connectivity index (χ2n) is 7.27. The standard InChI is InChI=1S/C22H32N4O4.HI/c1-6-23-21(26-14-22(4,28)19-11-15(2)30-16(19)3)25-13-20(27)24-12-17-7-9-18(29-5)10-8-17;/h7-11,28H,6,12-14H2,1-5H3,(H,24,27)(H2,23,25,26);1H. The topological polar surface area (TPSA) is 108 Å². The van der Waals surface area contributed by atoms with E-state index in [-0.39, 0.29) is 43.0 Å². The van der Waals surface area contributed by atoms with Crippen LogP contribution < -0.4 is 20.7 Å². The minimum Gasteiger partial charge on any atom is -0.497 e. The molecular formula is C22H33IN4O4. The number of methoxy groups -OCH3 is 1. The molecule has 0 spiro atoms. The summed E-state index contributed by atoms with van der Waals surface area (Å²) < 4.78 is 10.6. The first-order chi connectivity index (χ1) is 14.2. The Labute approximate surface area is 200 Å². The number of aliphatic hydroxyl groups is 1. The minimum atomic E-state index is -1.14. The van der Waals surface area contributed by atoms with Crippen molar-refractivity contribution in [1.29, 1.82) is 0 Å². The maximum absolute atomic E-state index is 12.2. The normalized spacial score (nSPS) is 13.0. The summed E-state index contributed by atoms with van der Waals surface area (Å²) in [6.07, 6.45) is 0. The van der Waals surface area contributed by atoms with Crippen LogP contribution in [0.15, 0.2) is 39.7 Å². The lowest BCUT2D eigenvalue weighted by molar-refractivity contribution is -0.119. The largest absolute Gasteiger partial charge is 0.497 e. The molecule has 1 amide bonds. The van der Waals surface area contributed by atoms with Crippen LogP contribution in [0, 0.1) is 13.8 Å². The number of aryl methyl sites for hydroxylation is 2. The highest BCUT2D eigenvalue weighted by Crippen LogP contribution is 2.26. The molecule has 0 aliphatic carbocycles. The highest BCUT2D eigenvalue weighted by molar-refractivity contribution is 14.0. The molecule has 0 bridgehead atoms. The molecule has 9 heteroatoms. The van der Waals surface area contributed by atoms with Crippen molar-refractivity contribution in [1.82, 2.24) is 16.0 Å². The molecule has 0 radical (unpaired) electrons. The maximum atomic E-state index is 12.2. The molecule has 0 aliphatic heterocycles. The van der Waals surface area contributed by atoms with Crippen molar-refractivity contribution in [3.8, 4) is 5.75 Å². The third-order valence-corrected chi connectivity index (χ3v) is 4.60. The Morgan fingerprint density at radius 3 is 2.42 bits per heavy atom. The van der Waals surface area contributed by atoms with Gasteiger partial charge in [-0.2, -0.15) is 0 Å². The monoisotopic (exact) mass is 544 g/mol. The lowest BCUT2D eigenvalue weighted by Gasteiger charge is -2.24. The summed E-state index contributed by atoms with van der Waals surface area (Å²) in [5, 5.41) is 19.8. The SMILES string of the molecule is CCNC(=NCC(=O)NCc1ccc(OC)cc1)NCC(C)(O)c1cc(C)oc1C.I. The van der Waals surface area contributed by atoms with E-state index in [4.69, 9.17) is 9.15 Å². The number of hydrogen-bond acceptors (Lipinski definition) is 5. The van der Waals surface area contributed by atoms with Crippen LogP contribution in [0.5, 0.6) is 5.75 Å². The van der Waals surface area contributed by atoms with Gasteiger partial charge >= 0.3 is 0 Å². The minimum absolute atomic E-state index is 0. The average Bonchev–Trinajstić information content (AvgIpc) is 3.07. The van der Waals surface area contributed by atoms with Gasteiger partial charge in [-0.25, -0.2) is 4.99 Å². The van der Waals surface area contributed by atoms with Crippen molar-refractivity contribution in [3.63, 3.8) is 0 Å². The Morgan fingerprint density at radius 1 is 1.19 bits per heavy atom. The fourth-order valence-electron chi connectivity index (χ4n) is 3.01. The molecule has 0 aliphatic rings. The summed E-state index contributed by atoms with van der Waals surface area (Å²) in [6, 6.07) is 9.32. The van der Waals surface area contributed by atoms with Crippen molar-refractivity contribution in [2.45, 2.75) is 39.8 Å². The zero-order valence-corrected chi connectivity index (χ0v) is 21.1. The zero-order valence-electron chi connectivity index (χ0n) is 18.7. The number of amides is 1. The van der Waals surface area contributed by atoms with Crippen LogP contribution in [0.25, 0.3) is 0 Å². The van der Waals surface area contributed by atoms with E-state index in [1.54, 1.807) is 14.0 Å². The quantitative estimate of drug-likeness (QED) is 0.220. The van der Waals surface area contributed by atoms with Crippen molar-refractivity contribution in [2.24, 2.45) is 4.99 Å². The third-order valence-electron chi connectivity index (χ3n) is 4.60. The van der Waals surface area contributed by atoms with E-state index in [0.29, 0.717) is 24.8 Å². The molecule has 2 aromatic rings. The molecule has 8 nitrogen and oxygen atoms in total. The van der Waals surface area contributed by atoms with Gasteiger partial charge in [0.2, 0.25) is 5.91 Å². The summed E-state index contributed by atoms with van der Waals surface area (Å²) in [5.41, 5.74) is 0.551. The van der Waals surface area contributed by atoms with Crippen LogP contribution in [0.1, 0.15) is 36.5 Å². The number of furan rings is 1. The Morgan fingerprint density at radius 2 is 1.87 bits per heavy atom. The molecule has 31 heavy (non-hydrogen) atoms.